The van der Waals surface area contributed by atoms with Crippen molar-refractivity contribution in [3.05, 3.63) is 0 Å². The van der Waals surface area contributed by atoms with Crippen LogP contribution >= 0.6 is 0 Å². The zero-order chi connectivity index (χ0) is 10.3. The van der Waals surface area contributed by atoms with E-state index in [0.717, 1.165) is 19.0 Å². The van der Waals surface area contributed by atoms with E-state index in [1.165, 1.54) is 25.5 Å². The monoisotopic (exact) mass is 217 g/mol. The molecule has 0 bridgehead atoms. The van der Waals surface area contributed by atoms with Gasteiger partial charge in [0.15, 0.2) is 0 Å². The summed E-state index contributed by atoms with van der Waals surface area (Å²) in [6.07, 6.45) is 5.07. The Kier molecular flexibility index (Phi) is 2.60. The Bertz CT molecular complexity index is 298. The molecule has 1 aliphatic heterocycles. The van der Waals surface area contributed by atoms with Crippen molar-refractivity contribution in [2.24, 2.45) is 17.8 Å². The lowest BCUT2D eigenvalue weighted by molar-refractivity contribution is 0.407. The van der Waals surface area contributed by atoms with Crippen LogP contribution in [0.5, 0.6) is 0 Å². The third-order valence-electron chi connectivity index (χ3n) is 3.86. The molecule has 0 aromatic rings. The van der Waals surface area contributed by atoms with Crippen LogP contribution in [0.3, 0.4) is 0 Å². The van der Waals surface area contributed by atoms with Gasteiger partial charge < -0.3 is 0 Å². The fourth-order valence-corrected chi connectivity index (χ4v) is 3.91. The number of hydrogen-bond donors (Lipinski definition) is 0. The molecule has 0 radical (unpaired) electrons. The van der Waals surface area contributed by atoms with Crippen molar-refractivity contribution in [1.82, 2.24) is 4.31 Å². The van der Waals surface area contributed by atoms with E-state index < -0.39 is 10.0 Å². The van der Waals surface area contributed by atoms with Crippen molar-refractivity contribution in [2.75, 3.05) is 19.3 Å². The normalized spacial score (nSPS) is 38.9. The molecular formula is C10H19NO2S. The highest BCUT2D eigenvalue weighted by Gasteiger charge is 2.42. The molecule has 2 aliphatic rings. The Hall–Kier alpha value is -0.0900. The summed E-state index contributed by atoms with van der Waals surface area (Å²) in [5, 5.41) is 0. The molecule has 2 rings (SSSR count). The van der Waals surface area contributed by atoms with Gasteiger partial charge in [0.2, 0.25) is 10.0 Å². The second kappa shape index (κ2) is 3.49. The van der Waals surface area contributed by atoms with Gasteiger partial charge in [0.05, 0.1) is 6.26 Å². The molecule has 4 heteroatoms. The summed E-state index contributed by atoms with van der Waals surface area (Å²) < 4.78 is 24.3. The van der Waals surface area contributed by atoms with Gasteiger partial charge in [-0.05, 0) is 30.6 Å². The Balaban J connectivity index is 2.00. The maximum atomic E-state index is 11.3. The van der Waals surface area contributed by atoms with Crippen molar-refractivity contribution < 1.29 is 8.42 Å². The molecule has 1 aliphatic carbocycles. The molecule has 0 aromatic heterocycles. The fraction of sp³-hybridized carbons (Fsp3) is 1.00. The van der Waals surface area contributed by atoms with Crippen molar-refractivity contribution in [3.63, 3.8) is 0 Å². The molecule has 1 heterocycles. The Morgan fingerprint density at radius 2 is 1.71 bits per heavy atom. The molecule has 0 amide bonds. The minimum atomic E-state index is -2.94. The topological polar surface area (TPSA) is 37.4 Å². The molecule has 1 saturated carbocycles. The van der Waals surface area contributed by atoms with Gasteiger partial charge in [0.1, 0.15) is 0 Å². The lowest BCUT2D eigenvalue weighted by atomic mass is 10.0. The molecule has 14 heavy (non-hydrogen) atoms. The van der Waals surface area contributed by atoms with Crippen LogP contribution in [0.15, 0.2) is 0 Å². The van der Waals surface area contributed by atoms with Gasteiger partial charge in [-0.2, -0.15) is 0 Å². The van der Waals surface area contributed by atoms with E-state index in [4.69, 9.17) is 0 Å². The van der Waals surface area contributed by atoms with Crippen LogP contribution in [-0.2, 0) is 10.0 Å². The zero-order valence-electron chi connectivity index (χ0n) is 8.94. The number of rotatable bonds is 2. The number of hydrogen-bond acceptors (Lipinski definition) is 2. The van der Waals surface area contributed by atoms with Gasteiger partial charge in [-0.25, -0.2) is 12.7 Å². The van der Waals surface area contributed by atoms with Crippen molar-refractivity contribution in [1.29, 1.82) is 0 Å². The van der Waals surface area contributed by atoms with Gasteiger partial charge in [-0.15, -0.1) is 0 Å². The predicted molar refractivity (Wildman–Crippen MR) is 56.4 cm³/mol. The fourth-order valence-electron chi connectivity index (χ4n) is 2.99. The first-order valence-corrected chi connectivity index (χ1v) is 7.30. The minimum absolute atomic E-state index is 0.648. The number of sulfonamides is 1. The average Bonchev–Trinajstić information content (AvgIpc) is 2.56. The van der Waals surface area contributed by atoms with Crippen LogP contribution in [-0.4, -0.2) is 32.1 Å². The van der Waals surface area contributed by atoms with E-state index in [1.807, 2.05) is 0 Å². The predicted octanol–water partition coefficient (Wildman–Crippen LogP) is 1.31. The largest absolute Gasteiger partial charge is 0.213 e. The van der Waals surface area contributed by atoms with Crippen LogP contribution < -0.4 is 0 Å². The quantitative estimate of drug-likeness (QED) is 0.699. The van der Waals surface area contributed by atoms with Crippen LogP contribution in [0.25, 0.3) is 0 Å². The molecule has 0 aromatic carbocycles. The molecule has 0 spiro atoms. The number of fused-ring (bicyclic) bond motifs is 1. The van der Waals surface area contributed by atoms with Crippen molar-refractivity contribution in [3.8, 4) is 0 Å². The molecule has 2 unspecified atom stereocenters. The molecular weight excluding hydrogens is 198 g/mol. The van der Waals surface area contributed by atoms with Gasteiger partial charge in [0.25, 0.3) is 0 Å². The standard InChI is InChI=1S/C10H19NO2S/c1-3-8-4-9-6-11(14(2,12)13)7-10(9)5-8/h8-10H,3-7H2,1-2H3. The maximum absolute atomic E-state index is 11.3. The molecule has 3 nitrogen and oxygen atoms in total. The highest BCUT2D eigenvalue weighted by atomic mass is 32.2. The Labute approximate surface area is 86.5 Å². The van der Waals surface area contributed by atoms with Crippen LogP contribution in [0.1, 0.15) is 26.2 Å². The summed E-state index contributed by atoms with van der Waals surface area (Å²) in [6.45, 7) is 3.79. The second-order valence-electron chi connectivity index (χ2n) is 4.85. The Morgan fingerprint density at radius 3 is 2.07 bits per heavy atom. The van der Waals surface area contributed by atoms with Crippen LogP contribution in [0, 0.1) is 17.8 Å². The molecule has 1 saturated heterocycles. The first-order chi connectivity index (χ1) is 6.50. The molecule has 2 fully saturated rings. The van der Waals surface area contributed by atoms with E-state index >= 15 is 0 Å². The summed E-state index contributed by atoms with van der Waals surface area (Å²) in [6, 6.07) is 0. The van der Waals surface area contributed by atoms with Gasteiger partial charge in [0, 0.05) is 13.1 Å². The Morgan fingerprint density at radius 1 is 1.21 bits per heavy atom. The highest BCUT2D eigenvalue weighted by molar-refractivity contribution is 7.88. The molecule has 82 valence electrons. The highest BCUT2D eigenvalue weighted by Crippen LogP contribution is 2.43. The smallest absolute Gasteiger partial charge is 0.211 e. The lowest BCUT2D eigenvalue weighted by Crippen LogP contribution is -2.28. The number of nitrogens with zero attached hydrogens (tertiary/aromatic N) is 1. The third-order valence-corrected chi connectivity index (χ3v) is 5.10. The van der Waals surface area contributed by atoms with Gasteiger partial charge in [-0.3, -0.25) is 0 Å². The van der Waals surface area contributed by atoms with Gasteiger partial charge >= 0.3 is 0 Å². The summed E-state index contributed by atoms with van der Waals surface area (Å²) in [5.41, 5.74) is 0. The summed E-state index contributed by atoms with van der Waals surface area (Å²) in [5.74, 6) is 2.15. The van der Waals surface area contributed by atoms with E-state index in [9.17, 15) is 8.42 Å². The summed E-state index contributed by atoms with van der Waals surface area (Å²) in [7, 11) is -2.94. The van der Waals surface area contributed by atoms with Gasteiger partial charge in [-0.1, -0.05) is 13.3 Å². The van der Waals surface area contributed by atoms with E-state index in [2.05, 4.69) is 6.92 Å². The average molecular weight is 217 g/mol. The zero-order valence-corrected chi connectivity index (χ0v) is 9.76. The molecule has 0 N–H and O–H groups in total. The molecule has 2 atom stereocenters. The van der Waals surface area contributed by atoms with Crippen molar-refractivity contribution in [2.45, 2.75) is 26.2 Å². The maximum Gasteiger partial charge on any atom is 0.211 e. The van der Waals surface area contributed by atoms with Crippen LogP contribution in [0.2, 0.25) is 0 Å². The first-order valence-electron chi connectivity index (χ1n) is 5.45. The van der Waals surface area contributed by atoms with E-state index in [-0.39, 0.29) is 0 Å². The van der Waals surface area contributed by atoms with E-state index in [1.54, 1.807) is 4.31 Å². The first kappa shape index (κ1) is 10.4. The SMILES string of the molecule is CCC1CC2CN(S(C)(=O)=O)CC2C1. The van der Waals surface area contributed by atoms with Crippen LogP contribution in [0.4, 0.5) is 0 Å². The second-order valence-corrected chi connectivity index (χ2v) is 6.83. The minimum Gasteiger partial charge on any atom is -0.213 e. The lowest BCUT2D eigenvalue weighted by Gasteiger charge is -2.15. The summed E-state index contributed by atoms with van der Waals surface area (Å²) in [4.78, 5) is 0. The summed E-state index contributed by atoms with van der Waals surface area (Å²) >= 11 is 0. The van der Waals surface area contributed by atoms with Crippen molar-refractivity contribution >= 4 is 10.0 Å². The third kappa shape index (κ3) is 1.82. The van der Waals surface area contributed by atoms with E-state index in [0.29, 0.717) is 11.8 Å².